The Hall–Kier alpha value is -3.47. The zero-order chi connectivity index (χ0) is 17.6. The van der Waals surface area contributed by atoms with Crippen LogP contribution in [0.3, 0.4) is 0 Å². The van der Waals surface area contributed by atoms with Crippen molar-refractivity contribution < 1.29 is 4.79 Å². The van der Waals surface area contributed by atoms with Crippen LogP contribution < -0.4 is 11.1 Å². The molecule has 3 aromatic rings. The third-order valence-electron chi connectivity index (χ3n) is 3.75. The predicted molar refractivity (Wildman–Crippen MR) is 102 cm³/mol. The summed E-state index contributed by atoms with van der Waals surface area (Å²) in [4.78, 5) is 20.9. The fourth-order valence-corrected chi connectivity index (χ4v) is 2.53. The lowest BCUT2D eigenvalue weighted by molar-refractivity contribution is 0.102. The van der Waals surface area contributed by atoms with Crippen molar-refractivity contribution in [2.45, 2.75) is 0 Å². The maximum atomic E-state index is 12.7. The minimum absolute atomic E-state index is 0.264. The van der Waals surface area contributed by atoms with Crippen LogP contribution in [-0.2, 0) is 0 Å². The molecule has 0 atom stereocenters. The molecule has 0 radical (unpaired) electrons. The van der Waals surface area contributed by atoms with Crippen molar-refractivity contribution in [1.29, 1.82) is 0 Å². The Balaban J connectivity index is 2.05. The SMILES string of the molecule is CN=Cc1cc(-c2cccnc2)cc(C(=O)Nc2ccccc2)c1N. The van der Waals surface area contributed by atoms with Crippen molar-refractivity contribution >= 4 is 23.5 Å². The number of nitrogens with two attached hydrogens (primary N) is 1. The van der Waals surface area contributed by atoms with E-state index in [4.69, 9.17) is 5.73 Å². The molecule has 1 heterocycles. The lowest BCUT2D eigenvalue weighted by Gasteiger charge is -2.12. The summed E-state index contributed by atoms with van der Waals surface area (Å²) in [7, 11) is 1.67. The Morgan fingerprint density at radius 3 is 2.60 bits per heavy atom. The second-order valence-corrected chi connectivity index (χ2v) is 5.48. The van der Waals surface area contributed by atoms with Gasteiger partial charge in [-0.05, 0) is 35.9 Å². The Morgan fingerprint density at radius 1 is 1.12 bits per heavy atom. The van der Waals surface area contributed by atoms with Crippen molar-refractivity contribution in [1.82, 2.24) is 4.98 Å². The van der Waals surface area contributed by atoms with E-state index < -0.39 is 0 Å². The van der Waals surface area contributed by atoms with Crippen molar-refractivity contribution in [2.75, 3.05) is 18.1 Å². The van der Waals surface area contributed by atoms with Gasteiger partial charge in [0.25, 0.3) is 5.91 Å². The van der Waals surface area contributed by atoms with Crippen molar-refractivity contribution in [3.63, 3.8) is 0 Å². The van der Waals surface area contributed by atoms with Crippen LogP contribution in [0.5, 0.6) is 0 Å². The van der Waals surface area contributed by atoms with Crippen molar-refractivity contribution in [2.24, 2.45) is 4.99 Å². The van der Waals surface area contributed by atoms with Crippen molar-refractivity contribution in [3.05, 3.63) is 78.1 Å². The molecule has 1 aromatic heterocycles. The summed E-state index contributed by atoms with van der Waals surface area (Å²) >= 11 is 0. The molecule has 25 heavy (non-hydrogen) atoms. The smallest absolute Gasteiger partial charge is 0.257 e. The van der Waals surface area contributed by atoms with E-state index in [9.17, 15) is 4.79 Å². The quantitative estimate of drug-likeness (QED) is 0.566. The molecular formula is C20H18N4O. The third-order valence-corrected chi connectivity index (χ3v) is 3.75. The highest BCUT2D eigenvalue weighted by Crippen LogP contribution is 2.27. The Kier molecular flexibility index (Phi) is 4.85. The second-order valence-electron chi connectivity index (χ2n) is 5.48. The molecule has 5 heteroatoms. The monoisotopic (exact) mass is 330 g/mol. The maximum Gasteiger partial charge on any atom is 0.257 e. The number of nitrogens with one attached hydrogen (secondary N) is 1. The van der Waals surface area contributed by atoms with Crippen LogP contribution in [0, 0.1) is 0 Å². The number of pyridine rings is 1. The molecule has 0 aliphatic heterocycles. The average molecular weight is 330 g/mol. The standard InChI is InChI=1S/C20H18N4O/c1-22-12-16-10-15(14-6-5-9-23-13-14)11-18(19(16)21)20(25)24-17-7-3-2-4-8-17/h2-13H,21H2,1H3,(H,24,25). The number of amides is 1. The number of benzene rings is 2. The summed E-state index contributed by atoms with van der Waals surface area (Å²) in [6.07, 6.45) is 5.10. The van der Waals surface area contributed by atoms with Gasteiger partial charge >= 0.3 is 0 Å². The van der Waals surface area contributed by atoms with E-state index in [-0.39, 0.29) is 5.91 Å². The van der Waals surface area contributed by atoms with E-state index in [1.807, 2.05) is 48.5 Å². The van der Waals surface area contributed by atoms with Crippen LogP contribution in [0.25, 0.3) is 11.1 Å². The predicted octanol–water partition coefficient (Wildman–Crippen LogP) is 3.63. The minimum Gasteiger partial charge on any atom is -0.398 e. The summed E-state index contributed by atoms with van der Waals surface area (Å²) in [5, 5.41) is 2.87. The number of hydrogen-bond donors (Lipinski definition) is 2. The number of hydrogen-bond acceptors (Lipinski definition) is 4. The van der Waals surface area contributed by atoms with Crippen LogP contribution in [0.2, 0.25) is 0 Å². The number of aliphatic imine (C=N–C) groups is 1. The number of aromatic nitrogens is 1. The Labute approximate surface area is 146 Å². The summed E-state index contributed by atoms with van der Waals surface area (Å²) in [6, 6.07) is 16.7. The normalized spacial score (nSPS) is 10.8. The van der Waals surface area contributed by atoms with E-state index in [1.54, 1.807) is 31.7 Å². The third kappa shape index (κ3) is 3.72. The maximum absolute atomic E-state index is 12.7. The molecule has 0 aliphatic rings. The first-order valence-electron chi connectivity index (χ1n) is 7.81. The molecule has 0 spiro atoms. The van der Waals surface area contributed by atoms with Gasteiger partial charge in [-0.1, -0.05) is 24.3 Å². The van der Waals surface area contributed by atoms with Crippen LogP contribution in [0.1, 0.15) is 15.9 Å². The fraction of sp³-hybridized carbons (Fsp3) is 0.0500. The first-order chi connectivity index (χ1) is 12.2. The minimum atomic E-state index is -0.264. The first kappa shape index (κ1) is 16.4. The summed E-state index contributed by atoms with van der Waals surface area (Å²) < 4.78 is 0. The molecule has 3 N–H and O–H groups in total. The van der Waals surface area contributed by atoms with E-state index in [0.717, 1.165) is 11.1 Å². The van der Waals surface area contributed by atoms with Gasteiger partial charge in [-0.25, -0.2) is 0 Å². The zero-order valence-corrected chi connectivity index (χ0v) is 13.8. The number of carbonyl (C=O) groups is 1. The summed E-state index contributed by atoms with van der Waals surface area (Å²) in [5.41, 5.74) is 10.2. The number of rotatable bonds is 4. The number of nitrogens with zero attached hydrogens (tertiary/aromatic N) is 2. The molecule has 3 rings (SSSR count). The lowest BCUT2D eigenvalue weighted by Crippen LogP contribution is -2.15. The van der Waals surface area contributed by atoms with Gasteiger partial charge in [0.1, 0.15) is 0 Å². The number of anilines is 2. The average Bonchev–Trinajstić information content (AvgIpc) is 2.65. The number of carbonyl (C=O) groups excluding carboxylic acids is 1. The fourth-order valence-electron chi connectivity index (χ4n) is 2.53. The molecule has 2 aromatic carbocycles. The topological polar surface area (TPSA) is 80.4 Å². The van der Waals surface area contributed by atoms with Gasteiger partial charge < -0.3 is 11.1 Å². The molecule has 0 unspecified atom stereocenters. The molecule has 0 saturated carbocycles. The van der Waals surface area contributed by atoms with E-state index in [2.05, 4.69) is 15.3 Å². The van der Waals surface area contributed by atoms with Gasteiger partial charge in [0.2, 0.25) is 0 Å². The largest absolute Gasteiger partial charge is 0.398 e. The zero-order valence-electron chi connectivity index (χ0n) is 13.8. The molecule has 5 nitrogen and oxygen atoms in total. The van der Waals surface area contributed by atoms with Gasteiger partial charge in [-0.15, -0.1) is 0 Å². The molecule has 0 bridgehead atoms. The lowest BCUT2D eigenvalue weighted by atomic mass is 9.98. The van der Waals surface area contributed by atoms with E-state index in [0.29, 0.717) is 22.5 Å². The van der Waals surface area contributed by atoms with E-state index >= 15 is 0 Å². The summed E-state index contributed by atoms with van der Waals surface area (Å²) in [5.74, 6) is -0.264. The number of nitrogen functional groups attached to an aromatic ring is 1. The number of para-hydroxylation sites is 1. The Bertz CT molecular complexity index is 906. The Morgan fingerprint density at radius 2 is 1.92 bits per heavy atom. The molecular weight excluding hydrogens is 312 g/mol. The molecule has 1 amide bonds. The van der Waals surface area contributed by atoms with Crippen molar-refractivity contribution in [3.8, 4) is 11.1 Å². The van der Waals surface area contributed by atoms with Gasteiger partial charge in [0.15, 0.2) is 0 Å². The van der Waals surface area contributed by atoms with Crippen LogP contribution in [-0.4, -0.2) is 24.2 Å². The molecule has 0 aliphatic carbocycles. The van der Waals surface area contributed by atoms with Gasteiger partial charge in [0.05, 0.1) is 11.3 Å². The highest BCUT2D eigenvalue weighted by atomic mass is 16.1. The molecule has 124 valence electrons. The first-order valence-corrected chi connectivity index (χ1v) is 7.81. The molecule has 0 fully saturated rings. The highest BCUT2D eigenvalue weighted by Gasteiger charge is 2.15. The van der Waals surface area contributed by atoms with E-state index in [1.165, 1.54) is 0 Å². The van der Waals surface area contributed by atoms with Crippen LogP contribution in [0.15, 0.2) is 72.0 Å². The highest BCUT2D eigenvalue weighted by molar-refractivity contribution is 6.11. The van der Waals surface area contributed by atoms with Gasteiger partial charge in [0, 0.05) is 42.5 Å². The van der Waals surface area contributed by atoms with Gasteiger partial charge in [-0.2, -0.15) is 0 Å². The second kappa shape index (κ2) is 7.40. The summed E-state index contributed by atoms with van der Waals surface area (Å²) in [6.45, 7) is 0. The van der Waals surface area contributed by atoms with Crippen LogP contribution in [0.4, 0.5) is 11.4 Å². The molecule has 0 saturated heterocycles. The van der Waals surface area contributed by atoms with Gasteiger partial charge in [-0.3, -0.25) is 14.8 Å². The van der Waals surface area contributed by atoms with Crippen LogP contribution >= 0.6 is 0 Å².